The molecule has 178 valence electrons. The molecule has 2 amide bonds. The Labute approximate surface area is 207 Å². The smallest absolute Gasteiger partial charge is 0.243 e. The first-order valence-corrected chi connectivity index (χ1v) is 12.9. The molecule has 1 N–H and O–H groups in total. The number of benzene rings is 3. The lowest BCUT2D eigenvalue weighted by Gasteiger charge is -2.32. The third-order valence-corrected chi connectivity index (χ3v) is 6.81. The molecular weight excluding hydrogens is 440 g/mol. The van der Waals surface area contributed by atoms with Gasteiger partial charge in [-0.1, -0.05) is 85.8 Å². The van der Waals surface area contributed by atoms with Crippen LogP contribution < -0.4 is 5.32 Å². The number of carbonyl (C=O) groups excluding carboxylic acids is 2. The summed E-state index contributed by atoms with van der Waals surface area (Å²) in [4.78, 5) is 29.9. The van der Waals surface area contributed by atoms with Gasteiger partial charge in [-0.15, -0.1) is 11.8 Å². The Morgan fingerprint density at radius 1 is 0.853 bits per heavy atom. The Bertz CT molecular complexity index is 1010. The molecule has 3 aromatic carbocycles. The molecule has 4 nitrogen and oxygen atoms in total. The van der Waals surface area contributed by atoms with E-state index >= 15 is 0 Å². The van der Waals surface area contributed by atoms with Crippen LogP contribution in [-0.2, 0) is 22.6 Å². The molecule has 0 aliphatic heterocycles. The predicted octanol–water partition coefficient (Wildman–Crippen LogP) is 5.72. The van der Waals surface area contributed by atoms with Gasteiger partial charge in [0.15, 0.2) is 0 Å². The minimum Gasteiger partial charge on any atom is -0.352 e. The lowest BCUT2D eigenvalue weighted by molar-refractivity contribution is -0.141. The fourth-order valence-electron chi connectivity index (χ4n) is 3.69. The van der Waals surface area contributed by atoms with Gasteiger partial charge in [0.1, 0.15) is 6.04 Å². The second-order valence-electron chi connectivity index (χ2n) is 8.44. The Balaban J connectivity index is 1.83. The van der Waals surface area contributed by atoms with Crippen molar-refractivity contribution < 1.29 is 9.59 Å². The molecule has 0 fully saturated rings. The van der Waals surface area contributed by atoms with Crippen LogP contribution in [-0.4, -0.2) is 34.6 Å². The van der Waals surface area contributed by atoms with Gasteiger partial charge in [0, 0.05) is 36.1 Å². The van der Waals surface area contributed by atoms with Crippen molar-refractivity contribution in [2.45, 2.75) is 56.6 Å². The van der Waals surface area contributed by atoms with Gasteiger partial charge in [0.05, 0.1) is 0 Å². The fraction of sp³-hybridized carbons (Fsp3) is 0.310. The first kappa shape index (κ1) is 25.6. The van der Waals surface area contributed by atoms with E-state index in [1.807, 2.05) is 92.7 Å². The van der Waals surface area contributed by atoms with E-state index < -0.39 is 6.04 Å². The molecule has 0 aliphatic rings. The number of carbonyl (C=O) groups is 2. The second-order valence-corrected chi connectivity index (χ2v) is 9.61. The zero-order chi connectivity index (χ0) is 24.2. The van der Waals surface area contributed by atoms with E-state index in [9.17, 15) is 9.59 Å². The average molecular weight is 475 g/mol. The molecule has 0 aromatic heterocycles. The molecule has 0 saturated carbocycles. The third kappa shape index (κ3) is 8.07. The zero-order valence-electron chi connectivity index (χ0n) is 20.0. The summed E-state index contributed by atoms with van der Waals surface area (Å²) in [5, 5.41) is 3.11. The molecule has 2 atom stereocenters. The van der Waals surface area contributed by atoms with Crippen LogP contribution in [0.15, 0.2) is 95.9 Å². The van der Waals surface area contributed by atoms with Gasteiger partial charge in [0.2, 0.25) is 11.8 Å². The molecule has 0 spiro atoms. The topological polar surface area (TPSA) is 49.4 Å². The number of thioether (sulfide) groups is 1. The van der Waals surface area contributed by atoms with Crippen LogP contribution in [0.3, 0.4) is 0 Å². The van der Waals surface area contributed by atoms with E-state index in [1.165, 1.54) is 0 Å². The van der Waals surface area contributed by atoms with Crippen LogP contribution in [0.1, 0.15) is 37.8 Å². The van der Waals surface area contributed by atoms with Crippen molar-refractivity contribution in [3.05, 3.63) is 102 Å². The second kappa shape index (κ2) is 13.6. The highest BCUT2D eigenvalue weighted by Crippen LogP contribution is 2.21. The van der Waals surface area contributed by atoms with Crippen molar-refractivity contribution >= 4 is 23.6 Å². The summed E-state index contributed by atoms with van der Waals surface area (Å²) in [5.41, 5.74) is 2.05. The summed E-state index contributed by atoms with van der Waals surface area (Å²) in [7, 11) is 0. The summed E-state index contributed by atoms with van der Waals surface area (Å²) in [5.74, 6) is 0.560. The maximum absolute atomic E-state index is 13.6. The van der Waals surface area contributed by atoms with Crippen molar-refractivity contribution in [1.82, 2.24) is 10.2 Å². The third-order valence-electron chi connectivity index (χ3n) is 5.80. The molecule has 34 heavy (non-hydrogen) atoms. The normalized spacial score (nSPS) is 12.5. The van der Waals surface area contributed by atoms with E-state index in [4.69, 9.17) is 0 Å². The maximum Gasteiger partial charge on any atom is 0.243 e. The Morgan fingerprint density at radius 2 is 1.41 bits per heavy atom. The monoisotopic (exact) mass is 474 g/mol. The minimum absolute atomic E-state index is 0.00693. The fourth-order valence-corrected chi connectivity index (χ4v) is 4.55. The molecule has 0 heterocycles. The zero-order valence-corrected chi connectivity index (χ0v) is 20.8. The molecular formula is C29H34N2O2S. The summed E-state index contributed by atoms with van der Waals surface area (Å²) in [6.45, 7) is 4.45. The van der Waals surface area contributed by atoms with Crippen LogP contribution in [0, 0.1) is 0 Å². The number of amides is 2. The lowest BCUT2D eigenvalue weighted by Crippen LogP contribution is -2.52. The Kier molecular flexibility index (Phi) is 10.2. The van der Waals surface area contributed by atoms with Crippen LogP contribution in [0.5, 0.6) is 0 Å². The number of nitrogens with one attached hydrogen (secondary N) is 1. The molecule has 0 radical (unpaired) electrons. The van der Waals surface area contributed by atoms with Crippen LogP contribution >= 0.6 is 11.8 Å². The van der Waals surface area contributed by atoms with E-state index in [-0.39, 0.29) is 17.9 Å². The van der Waals surface area contributed by atoms with Crippen molar-refractivity contribution in [1.29, 1.82) is 0 Å². The highest BCUT2D eigenvalue weighted by atomic mass is 32.2. The Morgan fingerprint density at radius 3 is 2.00 bits per heavy atom. The largest absolute Gasteiger partial charge is 0.352 e. The van der Waals surface area contributed by atoms with Gasteiger partial charge in [-0.3, -0.25) is 9.59 Å². The van der Waals surface area contributed by atoms with Crippen molar-refractivity contribution in [2.24, 2.45) is 0 Å². The minimum atomic E-state index is -0.578. The molecule has 0 saturated heterocycles. The quantitative estimate of drug-likeness (QED) is 0.341. The summed E-state index contributed by atoms with van der Waals surface area (Å²) in [6.07, 6.45) is 1.69. The standard InChI is InChI=1S/C29H34N2O2S/c1-3-23(2)30-29(33)27(21-24-13-7-4-8-14-24)31(22-25-15-9-5-10-16-25)28(32)19-20-34-26-17-11-6-12-18-26/h4-18,23,27H,3,19-22H2,1-2H3,(H,30,33). The first-order chi connectivity index (χ1) is 16.6. The van der Waals surface area contributed by atoms with E-state index in [1.54, 1.807) is 16.7 Å². The highest BCUT2D eigenvalue weighted by Gasteiger charge is 2.30. The van der Waals surface area contributed by atoms with Crippen molar-refractivity contribution in [2.75, 3.05) is 5.75 Å². The number of nitrogens with zero attached hydrogens (tertiary/aromatic N) is 1. The van der Waals surface area contributed by atoms with Gasteiger partial charge in [-0.05, 0) is 36.6 Å². The molecule has 3 aromatic rings. The predicted molar refractivity (Wildman–Crippen MR) is 141 cm³/mol. The average Bonchev–Trinajstić information content (AvgIpc) is 2.87. The number of rotatable bonds is 12. The summed E-state index contributed by atoms with van der Waals surface area (Å²) in [6, 6.07) is 29.4. The maximum atomic E-state index is 13.6. The van der Waals surface area contributed by atoms with Gasteiger partial charge in [0.25, 0.3) is 0 Å². The van der Waals surface area contributed by atoms with Crippen LogP contribution in [0.2, 0.25) is 0 Å². The first-order valence-electron chi connectivity index (χ1n) is 11.9. The Hall–Kier alpha value is -3.05. The van der Waals surface area contributed by atoms with Gasteiger partial charge < -0.3 is 10.2 Å². The molecule has 0 aliphatic carbocycles. The SMILES string of the molecule is CCC(C)NC(=O)C(Cc1ccccc1)N(Cc1ccccc1)C(=O)CCSc1ccccc1. The summed E-state index contributed by atoms with van der Waals surface area (Å²) >= 11 is 1.66. The van der Waals surface area contributed by atoms with E-state index in [0.29, 0.717) is 25.1 Å². The van der Waals surface area contributed by atoms with Crippen molar-refractivity contribution in [3.8, 4) is 0 Å². The molecule has 0 bridgehead atoms. The highest BCUT2D eigenvalue weighted by molar-refractivity contribution is 7.99. The molecule has 3 rings (SSSR count). The van der Waals surface area contributed by atoms with Crippen LogP contribution in [0.4, 0.5) is 0 Å². The van der Waals surface area contributed by atoms with E-state index in [2.05, 4.69) is 17.4 Å². The van der Waals surface area contributed by atoms with Crippen LogP contribution in [0.25, 0.3) is 0 Å². The summed E-state index contributed by atoms with van der Waals surface area (Å²) < 4.78 is 0. The number of hydrogen-bond donors (Lipinski definition) is 1. The van der Waals surface area contributed by atoms with Gasteiger partial charge in [-0.25, -0.2) is 0 Å². The van der Waals surface area contributed by atoms with Crippen molar-refractivity contribution in [3.63, 3.8) is 0 Å². The molecule has 2 unspecified atom stereocenters. The van der Waals surface area contributed by atoms with E-state index in [0.717, 1.165) is 22.4 Å². The van der Waals surface area contributed by atoms with Gasteiger partial charge >= 0.3 is 0 Å². The number of hydrogen-bond acceptors (Lipinski definition) is 3. The lowest BCUT2D eigenvalue weighted by atomic mass is 10.0. The molecule has 5 heteroatoms. The van der Waals surface area contributed by atoms with Gasteiger partial charge in [-0.2, -0.15) is 0 Å².